The molecular weight excluding hydrogens is 382 g/mol. The molecule has 0 N–H and O–H groups in total. The Kier molecular flexibility index (Phi) is 6.95. The zero-order valence-electron chi connectivity index (χ0n) is 17.3. The van der Waals surface area contributed by atoms with Gasteiger partial charge >= 0.3 is 0 Å². The number of thiazole rings is 1. The van der Waals surface area contributed by atoms with Crippen molar-refractivity contribution in [2.75, 3.05) is 26.2 Å². The van der Waals surface area contributed by atoms with Crippen LogP contribution in [0.5, 0.6) is 0 Å². The Hall–Kier alpha value is -1.76. The Morgan fingerprint density at radius 3 is 2.69 bits per heavy atom. The van der Waals surface area contributed by atoms with Gasteiger partial charge in [-0.25, -0.2) is 4.98 Å². The first-order valence-electron chi connectivity index (χ1n) is 10.7. The predicted molar refractivity (Wildman–Crippen MR) is 116 cm³/mol. The van der Waals surface area contributed by atoms with Crippen LogP contribution in [0.4, 0.5) is 0 Å². The molecule has 2 aliphatic heterocycles. The van der Waals surface area contributed by atoms with Gasteiger partial charge in [-0.3, -0.25) is 9.69 Å². The summed E-state index contributed by atoms with van der Waals surface area (Å²) in [6.07, 6.45) is 4.21. The van der Waals surface area contributed by atoms with Crippen molar-refractivity contribution in [1.29, 1.82) is 0 Å². The van der Waals surface area contributed by atoms with Crippen molar-refractivity contribution in [2.24, 2.45) is 5.92 Å². The maximum absolute atomic E-state index is 13.4. The second kappa shape index (κ2) is 9.83. The molecule has 0 spiro atoms. The van der Waals surface area contributed by atoms with E-state index in [0.29, 0.717) is 19.0 Å². The number of aromatic nitrogens is 1. The summed E-state index contributed by atoms with van der Waals surface area (Å²) >= 11 is 1.71. The van der Waals surface area contributed by atoms with E-state index in [0.717, 1.165) is 62.6 Å². The molecule has 2 fully saturated rings. The van der Waals surface area contributed by atoms with Gasteiger partial charge in [0.15, 0.2) is 0 Å². The minimum Gasteiger partial charge on any atom is -0.376 e. The van der Waals surface area contributed by atoms with Gasteiger partial charge in [0.1, 0.15) is 0 Å². The fourth-order valence-corrected chi connectivity index (χ4v) is 4.98. The Morgan fingerprint density at radius 1 is 1.24 bits per heavy atom. The lowest BCUT2D eigenvalue weighted by Crippen LogP contribution is -2.44. The summed E-state index contributed by atoms with van der Waals surface area (Å²) in [5, 5.41) is 3.27. The van der Waals surface area contributed by atoms with Gasteiger partial charge in [0, 0.05) is 37.5 Å². The molecule has 1 unspecified atom stereocenters. The summed E-state index contributed by atoms with van der Waals surface area (Å²) in [6.45, 7) is 7.10. The van der Waals surface area contributed by atoms with Crippen molar-refractivity contribution < 1.29 is 9.53 Å². The molecule has 29 heavy (non-hydrogen) atoms. The molecule has 2 aromatic rings. The third-order valence-corrected chi connectivity index (χ3v) is 6.79. The quantitative estimate of drug-likeness (QED) is 0.691. The first kappa shape index (κ1) is 20.5. The standard InChI is InChI=1S/C23H31N3O2S/c1-18-24-21(17-29-18)15-25-11-9-20(10-12-25)23(27)26(16-22-8-5-13-28-22)14-19-6-3-2-4-7-19/h2-4,6-7,17,20,22H,5,8-16H2,1H3. The average Bonchev–Trinajstić information content (AvgIpc) is 3.40. The van der Waals surface area contributed by atoms with Crippen molar-refractivity contribution in [3.05, 3.63) is 52.0 Å². The van der Waals surface area contributed by atoms with Crippen LogP contribution in [0, 0.1) is 12.8 Å². The lowest BCUT2D eigenvalue weighted by Gasteiger charge is -2.34. The fraction of sp³-hybridized carbons (Fsp3) is 0.565. The van der Waals surface area contributed by atoms with Crippen LogP contribution in [-0.4, -0.2) is 53.0 Å². The second-order valence-electron chi connectivity index (χ2n) is 8.25. The largest absolute Gasteiger partial charge is 0.376 e. The van der Waals surface area contributed by atoms with Gasteiger partial charge < -0.3 is 9.64 Å². The smallest absolute Gasteiger partial charge is 0.226 e. The Labute approximate surface area is 177 Å². The number of carbonyl (C=O) groups is 1. The number of rotatable bonds is 7. The highest BCUT2D eigenvalue weighted by molar-refractivity contribution is 7.09. The minimum absolute atomic E-state index is 0.119. The summed E-state index contributed by atoms with van der Waals surface area (Å²) in [6, 6.07) is 10.3. The molecule has 0 bridgehead atoms. The van der Waals surface area contributed by atoms with Crippen molar-refractivity contribution in [1.82, 2.24) is 14.8 Å². The van der Waals surface area contributed by atoms with Crippen LogP contribution in [-0.2, 0) is 22.6 Å². The molecule has 6 heteroatoms. The molecule has 1 aromatic heterocycles. The molecule has 0 aliphatic carbocycles. The maximum Gasteiger partial charge on any atom is 0.226 e. The van der Waals surface area contributed by atoms with Crippen molar-refractivity contribution in [2.45, 2.75) is 51.8 Å². The highest BCUT2D eigenvalue weighted by Crippen LogP contribution is 2.24. The molecule has 0 radical (unpaired) electrons. The van der Waals surface area contributed by atoms with Crippen LogP contribution >= 0.6 is 11.3 Å². The first-order chi connectivity index (χ1) is 14.2. The van der Waals surface area contributed by atoms with Gasteiger partial charge in [-0.05, 0) is 51.3 Å². The van der Waals surface area contributed by atoms with Crippen molar-refractivity contribution >= 4 is 17.2 Å². The molecule has 2 saturated heterocycles. The molecule has 4 rings (SSSR count). The van der Waals surface area contributed by atoms with E-state index in [9.17, 15) is 4.79 Å². The van der Waals surface area contributed by atoms with Gasteiger partial charge in [0.05, 0.1) is 16.8 Å². The average molecular weight is 414 g/mol. The molecule has 3 heterocycles. The number of ether oxygens (including phenoxy) is 1. The third kappa shape index (κ3) is 5.65. The molecular formula is C23H31N3O2S. The van der Waals surface area contributed by atoms with Gasteiger partial charge in [0.2, 0.25) is 5.91 Å². The van der Waals surface area contributed by atoms with Crippen molar-refractivity contribution in [3.63, 3.8) is 0 Å². The Balaban J connectivity index is 1.35. The number of benzene rings is 1. The number of hydrogen-bond donors (Lipinski definition) is 0. The number of carbonyl (C=O) groups excluding carboxylic acids is 1. The number of nitrogens with zero attached hydrogens (tertiary/aromatic N) is 3. The van der Waals surface area contributed by atoms with E-state index < -0.39 is 0 Å². The summed E-state index contributed by atoms with van der Waals surface area (Å²) < 4.78 is 5.84. The molecule has 1 amide bonds. The van der Waals surface area contributed by atoms with E-state index in [1.165, 1.54) is 5.56 Å². The zero-order valence-corrected chi connectivity index (χ0v) is 18.1. The van der Waals surface area contributed by atoms with Crippen LogP contribution in [0.15, 0.2) is 35.7 Å². The van der Waals surface area contributed by atoms with E-state index in [2.05, 4.69) is 39.2 Å². The second-order valence-corrected chi connectivity index (χ2v) is 9.31. The lowest BCUT2D eigenvalue weighted by atomic mass is 9.94. The highest BCUT2D eigenvalue weighted by Gasteiger charge is 2.31. The van der Waals surface area contributed by atoms with Gasteiger partial charge in [-0.2, -0.15) is 0 Å². The zero-order chi connectivity index (χ0) is 20.1. The van der Waals surface area contributed by atoms with Gasteiger partial charge in [-0.1, -0.05) is 30.3 Å². The normalized spacial score (nSPS) is 20.8. The van der Waals surface area contributed by atoms with Crippen molar-refractivity contribution in [3.8, 4) is 0 Å². The summed E-state index contributed by atoms with van der Waals surface area (Å²) in [7, 11) is 0. The van der Waals surface area contributed by atoms with Gasteiger partial charge in [-0.15, -0.1) is 11.3 Å². The molecule has 0 saturated carbocycles. The Bertz CT molecular complexity index is 780. The fourth-order valence-electron chi connectivity index (χ4n) is 4.38. The predicted octanol–water partition coefficient (Wildman–Crippen LogP) is 3.87. The van der Waals surface area contributed by atoms with Gasteiger partial charge in [0.25, 0.3) is 0 Å². The summed E-state index contributed by atoms with van der Waals surface area (Å²) in [4.78, 5) is 22.5. The number of aryl methyl sites for hydroxylation is 1. The number of piperidine rings is 1. The SMILES string of the molecule is Cc1nc(CN2CCC(C(=O)N(Cc3ccccc3)CC3CCCO3)CC2)cs1. The van der Waals surface area contributed by atoms with E-state index in [1.807, 2.05) is 18.2 Å². The minimum atomic E-state index is 0.119. The molecule has 156 valence electrons. The van der Waals surface area contributed by atoms with Crippen LogP contribution in [0.25, 0.3) is 0 Å². The third-order valence-electron chi connectivity index (χ3n) is 5.96. The number of likely N-dealkylation sites (tertiary alicyclic amines) is 1. The lowest BCUT2D eigenvalue weighted by molar-refractivity contribution is -0.139. The summed E-state index contributed by atoms with van der Waals surface area (Å²) in [5.41, 5.74) is 2.34. The monoisotopic (exact) mass is 413 g/mol. The molecule has 5 nitrogen and oxygen atoms in total. The number of amides is 1. The van der Waals surface area contributed by atoms with E-state index >= 15 is 0 Å². The highest BCUT2D eigenvalue weighted by atomic mass is 32.1. The maximum atomic E-state index is 13.4. The van der Waals surface area contributed by atoms with E-state index in [4.69, 9.17) is 4.74 Å². The molecule has 1 atom stereocenters. The molecule has 1 aromatic carbocycles. The van der Waals surface area contributed by atoms with Crippen LogP contribution in [0.2, 0.25) is 0 Å². The van der Waals surface area contributed by atoms with E-state index in [-0.39, 0.29) is 12.0 Å². The van der Waals surface area contributed by atoms with Crippen LogP contribution in [0.3, 0.4) is 0 Å². The molecule has 2 aliphatic rings. The summed E-state index contributed by atoms with van der Waals surface area (Å²) in [5.74, 6) is 0.419. The van der Waals surface area contributed by atoms with E-state index in [1.54, 1.807) is 11.3 Å². The number of hydrogen-bond acceptors (Lipinski definition) is 5. The first-order valence-corrected chi connectivity index (χ1v) is 11.6. The van der Waals surface area contributed by atoms with Crippen LogP contribution < -0.4 is 0 Å². The Morgan fingerprint density at radius 2 is 2.03 bits per heavy atom. The van der Waals surface area contributed by atoms with Crippen LogP contribution in [0.1, 0.15) is 41.9 Å². The topological polar surface area (TPSA) is 45.7 Å².